The molecular formula is C8H16N2. The average molecular weight is 140 g/mol. The van der Waals surface area contributed by atoms with Crippen molar-refractivity contribution >= 4 is 6.21 Å². The predicted molar refractivity (Wildman–Crippen MR) is 44.2 cm³/mol. The van der Waals surface area contributed by atoms with Gasteiger partial charge in [0.05, 0.1) is 0 Å². The van der Waals surface area contributed by atoms with Gasteiger partial charge in [-0.1, -0.05) is 0 Å². The van der Waals surface area contributed by atoms with Crippen LogP contribution in [0.15, 0.2) is 5.10 Å². The Labute approximate surface area is 62.9 Å². The van der Waals surface area contributed by atoms with E-state index in [0.29, 0.717) is 6.04 Å². The Balaban J connectivity index is 2.41. The number of hydrogen-bond acceptors (Lipinski definition) is 2. The first kappa shape index (κ1) is 7.58. The van der Waals surface area contributed by atoms with Crippen molar-refractivity contribution in [3.8, 4) is 0 Å². The van der Waals surface area contributed by atoms with Crippen LogP contribution in [-0.4, -0.2) is 23.3 Å². The second-order valence-corrected chi connectivity index (χ2v) is 3.08. The van der Waals surface area contributed by atoms with Crippen LogP contribution < -0.4 is 0 Å². The van der Waals surface area contributed by atoms with Crippen molar-refractivity contribution in [1.29, 1.82) is 0 Å². The average Bonchev–Trinajstić information content (AvgIpc) is 2.63. The van der Waals surface area contributed by atoms with Gasteiger partial charge < -0.3 is 0 Å². The molecule has 0 unspecified atom stereocenters. The minimum atomic E-state index is 0.559. The fourth-order valence-corrected chi connectivity index (χ4v) is 1.12. The Bertz CT molecular complexity index is 123. The second-order valence-electron chi connectivity index (χ2n) is 3.08. The molecule has 1 saturated carbocycles. The molecule has 1 fully saturated rings. The van der Waals surface area contributed by atoms with Crippen LogP contribution in [0.2, 0.25) is 0 Å². The largest absolute Gasteiger partial charge is 0.292 e. The summed E-state index contributed by atoms with van der Waals surface area (Å²) < 4.78 is 0. The number of hydrazone groups is 1. The number of nitrogens with zero attached hydrogens (tertiary/aromatic N) is 2. The van der Waals surface area contributed by atoms with Gasteiger partial charge in [-0.25, -0.2) is 0 Å². The summed E-state index contributed by atoms with van der Waals surface area (Å²) in [5.74, 6) is 0. The van der Waals surface area contributed by atoms with Crippen molar-refractivity contribution in [2.75, 3.05) is 0 Å². The maximum Gasteiger partial charge on any atom is 0.0475 e. The zero-order valence-electron chi connectivity index (χ0n) is 7.04. The van der Waals surface area contributed by atoms with Crippen molar-refractivity contribution in [3.63, 3.8) is 0 Å². The minimum Gasteiger partial charge on any atom is -0.292 e. The van der Waals surface area contributed by atoms with Crippen LogP contribution in [0.4, 0.5) is 0 Å². The third kappa shape index (κ3) is 1.72. The van der Waals surface area contributed by atoms with Gasteiger partial charge in [-0.15, -0.1) is 0 Å². The smallest absolute Gasteiger partial charge is 0.0475 e. The highest BCUT2D eigenvalue weighted by molar-refractivity contribution is 5.52. The van der Waals surface area contributed by atoms with E-state index in [1.54, 1.807) is 0 Å². The summed E-state index contributed by atoms with van der Waals surface area (Å²) >= 11 is 0. The van der Waals surface area contributed by atoms with Gasteiger partial charge in [-0.2, -0.15) is 5.10 Å². The summed E-state index contributed by atoms with van der Waals surface area (Å²) in [4.78, 5) is 0. The topological polar surface area (TPSA) is 15.6 Å². The molecule has 1 aliphatic rings. The van der Waals surface area contributed by atoms with E-state index in [2.05, 4.69) is 24.0 Å². The zero-order valence-corrected chi connectivity index (χ0v) is 7.04. The molecular weight excluding hydrogens is 124 g/mol. The molecule has 0 aromatic rings. The predicted octanol–water partition coefficient (Wildman–Crippen LogP) is 1.86. The van der Waals surface area contributed by atoms with Gasteiger partial charge in [0.25, 0.3) is 0 Å². The van der Waals surface area contributed by atoms with Gasteiger partial charge in [0.15, 0.2) is 0 Å². The summed E-state index contributed by atoms with van der Waals surface area (Å²) in [6.45, 7) is 6.34. The van der Waals surface area contributed by atoms with Gasteiger partial charge in [0.2, 0.25) is 0 Å². The summed E-state index contributed by atoms with van der Waals surface area (Å²) in [7, 11) is 0. The summed E-state index contributed by atoms with van der Waals surface area (Å²) in [5, 5.41) is 6.49. The molecule has 0 aromatic heterocycles. The third-order valence-corrected chi connectivity index (χ3v) is 1.70. The molecule has 58 valence electrons. The molecule has 0 aliphatic heterocycles. The molecule has 0 spiro atoms. The van der Waals surface area contributed by atoms with Crippen molar-refractivity contribution in [2.24, 2.45) is 5.10 Å². The normalized spacial score (nSPS) is 18.8. The Morgan fingerprint density at radius 3 is 2.40 bits per heavy atom. The summed E-state index contributed by atoms with van der Waals surface area (Å²) in [5.41, 5.74) is 0. The molecule has 0 amide bonds. The molecule has 0 heterocycles. The molecule has 10 heavy (non-hydrogen) atoms. The van der Waals surface area contributed by atoms with Gasteiger partial charge in [0, 0.05) is 18.3 Å². The number of rotatable bonds is 3. The Hall–Kier alpha value is -0.530. The molecule has 0 radical (unpaired) electrons. The second kappa shape index (κ2) is 3.04. The van der Waals surface area contributed by atoms with E-state index >= 15 is 0 Å². The van der Waals surface area contributed by atoms with Crippen LogP contribution in [0.3, 0.4) is 0 Å². The lowest BCUT2D eigenvalue weighted by atomic mass is 10.4. The highest BCUT2D eigenvalue weighted by Crippen LogP contribution is 2.28. The third-order valence-electron chi connectivity index (χ3n) is 1.70. The molecule has 2 nitrogen and oxygen atoms in total. The molecule has 0 aromatic carbocycles. The lowest BCUT2D eigenvalue weighted by molar-refractivity contribution is 0.223. The van der Waals surface area contributed by atoms with E-state index in [0.717, 1.165) is 6.04 Å². The first-order chi connectivity index (χ1) is 4.75. The highest BCUT2D eigenvalue weighted by atomic mass is 15.5. The van der Waals surface area contributed by atoms with Crippen LogP contribution in [0.25, 0.3) is 0 Å². The van der Waals surface area contributed by atoms with Crippen molar-refractivity contribution in [1.82, 2.24) is 5.01 Å². The molecule has 0 bridgehead atoms. The van der Waals surface area contributed by atoms with E-state index in [-0.39, 0.29) is 0 Å². The van der Waals surface area contributed by atoms with Gasteiger partial charge >= 0.3 is 0 Å². The lowest BCUT2D eigenvalue weighted by Gasteiger charge is -2.22. The van der Waals surface area contributed by atoms with Crippen LogP contribution in [0.1, 0.15) is 33.6 Å². The molecule has 1 rings (SSSR count). The minimum absolute atomic E-state index is 0.559. The maximum absolute atomic E-state index is 4.29. The summed E-state index contributed by atoms with van der Waals surface area (Å²) in [6, 6.07) is 1.31. The van der Waals surface area contributed by atoms with E-state index in [4.69, 9.17) is 0 Å². The van der Waals surface area contributed by atoms with Crippen LogP contribution in [0.5, 0.6) is 0 Å². The molecule has 2 heteroatoms. The Morgan fingerprint density at radius 2 is 2.10 bits per heavy atom. The van der Waals surface area contributed by atoms with Crippen molar-refractivity contribution < 1.29 is 0 Å². The molecule has 0 N–H and O–H groups in total. The summed E-state index contributed by atoms with van der Waals surface area (Å²) in [6.07, 6.45) is 4.53. The fourth-order valence-electron chi connectivity index (χ4n) is 1.12. The van der Waals surface area contributed by atoms with Crippen molar-refractivity contribution in [2.45, 2.75) is 45.7 Å². The Morgan fingerprint density at radius 1 is 1.50 bits per heavy atom. The highest BCUT2D eigenvalue weighted by Gasteiger charge is 2.29. The monoisotopic (exact) mass is 140 g/mol. The van der Waals surface area contributed by atoms with E-state index in [1.807, 2.05) is 13.1 Å². The van der Waals surface area contributed by atoms with Crippen LogP contribution >= 0.6 is 0 Å². The first-order valence-electron chi connectivity index (χ1n) is 4.02. The number of hydrogen-bond donors (Lipinski definition) is 0. The quantitative estimate of drug-likeness (QED) is 0.431. The zero-order chi connectivity index (χ0) is 7.56. The fraction of sp³-hybridized carbons (Fsp3) is 0.875. The Kier molecular flexibility index (Phi) is 2.30. The maximum atomic E-state index is 4.29. The van der Waals surface area contributed by atoms with E-state index in [9.17, 15) is 0 Å². The lowest BCUT2D eigenvalue weighted by Crippen LogP contribution is -2.27. The molecule has 0 atom stereocenters. The van der Waals surface area contributed by atoms with Gasteiger partial charge in [0.1, 0.15) is 0 Å². The van der Waals surface area contributed by atoms with Crippen LogP contribution in [0, 0.1) is 0 Å². The molecule has 0 saturated heterocycles. The van der Waals surface area contributed by atoms with Gasteiger partial charge in [-0.05, 0) is 33.6 Å². The van der Waals surface area contributed by atoms with Crippen molar-refractivity contribution in [3.05, 3.63) is 0 Å². The van der Waals surface area contributed by atoms with Gasteiger partial charge in [-0.3, -0.25) is 5.01 Å². The van der Waals surface area contributed by atoms with E-state index in [1.165, 1.54) is 12.8 Å². The van der Waals surface area contributed by atoms with E-state index < -0.39 is 0 Å². The van der Waals surface area contributed by atoms with Crippen LogP contribution in [-0.2, 0) is 0 Å². The SMILES string of the molecule is C/C=N\N(C(C)C)C1CC1. The first-order valence-corrected chi connectivity index (χ1v) is 4.02. The molecule has 1 aliphatic carbocycles. The standard InChI is InChI=1S/C8H16N2/c1-4-9-10(7(2)3)8-5-6-8/h4,7-8H,5-6H2,1-3H3/b9-4-.